The zero-order chi connectivity index (χ0) is 9.40. The SMILES string of the molecule is COc1cccnc1F.O=CO. The number of carboxylic acid groups (broad SMARTS) is 1. The molecule has 1 aromatic rings. The van der Waals surface area contributed by atoms with Crippen molar-refractivity contribution in [2.45, 2.75) is 0 Å². The van der Waals surface area contributed by atoms with E-state index < -0.39 is 5.95 Å². The number of nitrogens with zero attached hydrogens (tertiary/aromatic N) is 1. The summed E-state index contributed by atoms with van der Waals surface area (Å²) < 4.78 is 17.0. The van der Waals surface area contributed by atoms with Crippen LogP contribution < -0.4 is 4.74 Å². The van der Waals surface area contributed by atoms with Crippen molar-refractivity contribution >= 4 is 6.47 Å². The lowest BCUT2D eigenvalue weighted by atomic mass is 10.4. The number of aromatic nitrogens is 1. The Balaban J connectivity index is 0.000000354. The van der Waals surface area contributed by atoms with Gasteiger partial charge in [-0.1, -0.05) is 0 Å². The Morgan fingerprint density at radius 2 is 2.33 bits per heavy atom. The van der Waals surface area contributed by atoms with Crippen molar-refractivity contribution in [2.24, 2.45) is 0 Å². The summed E-state index contributed by atoms with van der Waals surface area (Å²) in [6.07, 6.45) is 1.37. The molecule has 12 heavy (non-hydrogen) atoms. The number of hydrogen-bond donors (Lipinski definition) is 1. The summed E-state index contributed by atoms with van der Waals surface area (Å²) in [5, 5.41) is 6.89. The number of pyridine rings is 1. The molecular weight excluding hydrogens is 165 g/mol. The van der Waals surface area contributed by atoms with Gasteiger partial charge in [-0.15, -0.1) is 0 Å². The minimum absolute atomic E-state index is 0.178. The largest absolute Gasteiger partial charge is 0.492 e. The summed E-state index contributed by atoms with van der Waals surface area (Å²) in [5.74, 6) is -0.391. The molecule has 0 amide bonds. The number of rotatable bonds is 1. The van der Waals surface area contributed by atoms with Crippen LogP contribution in [0.25, 0.3) is 0 Å². The summed E-state index contributed by atoms with van der Waals surface area (Å²) in [4.78, 5) is 11.7. The van der Waals surface area contributed by atoms with Gasteiger partial charge in [-0.05, 0) is 12.1 Å². The lowest BCUT2D eigenvalue weighted by molar-refractivity contribution is -0.122. The molecular formula is C7H8FNO3. The van der Waals surface area contributed by atoms with Gasteiger partial charge in [0.25, 0.3) is 12.4 Å². The molecule has 66 valence electrons. The monoisotopic (exact) mass is 173 g/mol. The quantitative estimate of drug-likeness (QED) is 0.507. The van der Waals surface area contributed by atoms with Gasteiger partial charge >= 0.3 is 0 Å². The highest BCUT2D eigenvalue weighted by atomic mass is 19.1. The average Bonchev–Trinajstić information content (AvgIpc) is 2.07. The Kier molecular flexibility index (Phi) is 5.25. The van der Waals surface area contributed by atoms with Crippen molar-refractivity contribution in [2.75, 3.05) is 7.11 Å². The van der Waals surface area contributed by atoms with Gasteiger partial charge in [-0.25, -0.2) is 4.98 Å². The van der Waals surface area contributed by atoms with Crippen LogP contribution in [-0.4, -0.2) is 23.7 Å². The van der Waals surface area contributed by atoms with Crippen LogP contribution in [0.3, 0.4) is 0 Å². The van der Waals surface area contributed by atoms with Gasteiger partial charge in [-0.2, -0.15) is 4.39 Å². The minimum Gasteiger partial charge on any atom is -0.492 e. The summed E-state index contributed by atoms with van der Waals surface area (Å²) in [6, 6.07) is 3.13. The number of hydrogen-bond acceptors (Lipinski definition) is 3. The van der Waals surface area contributed by atoms with Crippen LogP contribution in [0.4, 0.5) is 4.39 Å². The fourth-order valence-corrected chi connectivity index (χ4v) is 0.524. The van der Waals surface area contributed by atoms with Gasteiger partial charge in [0.2, 0.25) is 0 Å². The molecule has 0 atom stereocenters. The van der Waals surface area contributed by atoms with Crippen molar-refractivity contribution in [1.29, 1.82) is 0 Å². The molecule has 0 aromatic carbocycles. The number of ether oxygens (including phenoxy) is 1. The van der Waals surface area contributed by atoms with Gasteiger partial charge in [0, 0.05) is 6.20 Å². The third kappa shape index (κ3) is 3.50. The van der Waals surface area contributed by atoms with E-state index in [4.69, 9.17) is 9.90 Å². The van der Waals surface area contributed by atoms with Crippen molar-refractivity contribution < 1.29 is 19.0 Å². The molecule has 4 nitrogen and oxygen atoms in total. The van der Waals surface area contributed by atoms with Crippen LogP contribution in [0.15, 0.2) is 18.3 Å². The molecule has 0 aliphatic rings. The lowest BCUT2D eigenvalue weighted by Crippen LogP contribution is -1.88. The van der Waals surface area contributed by atoms with E-state index in [9.17, 15) is 4.39 Å². The van der Waals surface area contributed by atoms with Gasteiger partial charge in [0.1, 0.15) is 0 Å². The molecule has 0 aliphatic heterocycles. The first-order valence-corrected chi connectivity index (χ1v) is 2.98. The first-order valence-electron chi connectivity index (χ1n) is 2.98. The van der Waals surface area contributed by atoms with Crippen LogP contribution in [0.5, 0.6) is 5.75 Å². The third-order valence-corrected chi connectivity index (χ3v) is 0.945. The van der Waals surface area contributed by atoms with Crippen molar-refractivity contribution in [3.05, 3.63) is 24.3 Å². The van der Waals surface area contributed by atoms with Gasteiger partial charge in [0.15, 0.2) is 5.75 Å². The average molecular weight is 173 g/mol. The fraction of sp³-hybridized carbons (Fsp3) is 0.143. The second-order valence-corrected chi connectivity index (χ2v) is 1.60. The van der Waals surface area contributed by atoms with Crippen LogP contribution in [0.1, 0.15) is 0 Å². The highest BCUT2D eigenvalue weighted by Crippen LogP contribution is 2.10. The second-order valence-electron chi connectivity index (χ2n) is 1.60. The Bertz CT molecular complexity index is 242. The lowest BCUT2D eigenvalue weighted by Gasteiger charge is -1.96. The highest BCUT2D eigenvalue weighted by Gasteiger charge is 1.97. The molecule has 0 saturated carbocycles. The maximum atomic E-state index is 12.4. The number of methoxy groups -OCH3 is 1. The zero-order valence-corrected chi connectivity index (χ0v) is 6.40. The first kappa shape index (κ1) is 10.3. The van der Waals surface area contributed by atoms with Gasteiger partial charge in [-0.3, -0.25) is 4.79 Å². The Morgan fingerprint density at radius 3 is 2.67 bits per heavy atom. The molecule has 0 saturated heterocycles. The van der Waals surface area contributed by atoms with E-state index in [-0.39, 0.29) is 12.2 Å². The fourth-order valence-electron chi connectivity index (χ4n) is 0.524. The number of carbonyl (C=O) groups is 1. The summed E-state index contributed by atoms with van der Waals surface area (Å²) >= 11 is 0. The van der Waals surface area contributed by atoms with E-state index >= 15 is 0 Å². The topological polar surface area (TPSA) is 59.4 Å². The molecule has 1 rings (SSSR count). The molecule has 1 aromatic heterocycles. The first-order chi connectivity index (χ1) is 5.76. The van der Waals surface area contributed by atoms with Gasteiger partial charge in [0.05, 0.1) is 7.11 Å². The van der Waals surface area contributed by atoms with Crippen molar-refractivity contribution in [3.8, 4) is 5.75 Å². The molecule has 0 unspecified atom stereocenters. The van der Waals surface area contributed by atoms with E-state index in [1.54, 1.807) is 6.07 Å². The summed E-state index contributed by atoms with van der Waals surface area (Å²) in [5.41, 5.74) is 0. The Morgan fingerprint density at radius 1 is 1.75 bits per heavy atom. The van der Waals surface area contributed by atoms with Crippen molar-refractivity contribution in [1.82, 2.24) is 4.98 Å². The van der Waals surface area contributed by atoms with E-state index in [1.165, 1.54) is 19.4 Å². The van der Waals surface area contributed by atoms with Crippen LogP contribution in [0.2, 0.25) is 0 Å². The predicted molar refractivity (Wildman–Crippen MR) is 39.4 cm³/mol. The maximum Gasteiger partial charge on any atom is 0.290 e. The molecule has 0 radical (unpaired) electrons. The molecule has 5 heteroatoms. The van der Waals surface area contributed by atoms with Crippen LogP contribution in [0, 0.1) is 5.95 Å². The smallest absolute Gasteiger partial charge is 0.290 e. The standard InChI is InChI=1S/C6H6FNO.CH2O2/c1-9-5-3-2-4-8-6(5)7;2-1-3/h2-4H,1H3;1H,(H,2,3). The molecule has 1 N–H and O–H groups in total. The molecule has 0 aliphatic carbocycles. The predicted octanol–water partition coefficient (Wildman–Crippen LogP) is 0.930. The van der Waals surface area contributed by atoms with Gasteiger partial charge < -0.3 is 9.84 Å². The number of halogens is 1. The Labute approximate surface area is 68.6 Å². The zero-order valence-electron chi connectivity index (χ0n) is 6.40. The van der Waals surface area contributed by atoms with Crippen LogP contribution in [-0.2, 0) is 4.79 Å². The van der Waals surface area contributed by atoms with E-state index in [0.717, 1.165) is 0 Å². The third-order valence-electron chi connectivity index (χ3n) is 0.945. The van der Waals surface area contributed by atoms with E-state index in [0.29, 0.717) is 0 Å². The van der Waals surface area contributed by atoms with Crippen molar-refractivity contribution in [3.63, 3.8) is 0 Å². The molecule has 0 spiro atoms. The molecule has 0 bridgehead atoms. The Hall–Kier alpha value is -1.65. The van der Waals surface area contributed by atoms with E-state index in [2.05, 4.69) is 9.72 Å². The normalized spacial score (nSPS) is 7.83. The minimum atomic E-state index is -0.569. The maximum absolute atomic E-state index is 12.4. The molecule has 0 fully saturated rings. The highest BCUT2D eigenvalue weighted by molar-refractivity contribution is 5.32. The van der Waals surface area contributed by atoms with Crippen LogP contribution >= 0.6 is 0 Å². The second kappa shape index (κ2) is 6.09. The van der Waals surface area contributed by atoms with E-state index in [1.807, 2.05) is 0 Å². The summed E-state index contributed by atoms with van der Waals surface area (Å²) in [7, 11) is 1.40. The molecule has 1 heterocycles. The summed E-state index contributed by atoms with van der Waals surface area (Å²) in [6.45, 7) is -0.250.